The first kappa shape index (κ1) is 19.8. The van der Waals surface area contributed by atoms with Crippen LogP contribution in [0.3, 0.4) is 0 Å². The predicted molar refractivity (Wildman–Crippen MR) is 103 cm³/mol. The summed E-state index contributed by atoms with van der Waals surface area (Å²) in [5.74, 6) is 0.121. The molecule has 0 atom stereocenters. The molecule has 0 aliphatic rings. The van der Waals surface area contributed by atoms with Crippen LogP contribution in [0.15, 0.2) is 52.1 Å². The monoisotopic (exact) mass is 402 g/mol. The molecule has 0 unspecified atom stereocenters. The van der Waals surface area contributed by atoms with Crippen molar-refractivity contribution in [2.45, 2.75) is 18.7 Å². The van der Waals surface area contributed by atoms with Gasteiger partial charge in [0.15, 0.2) is 0 Å². The lowest BCUT2D eigenvalue weighted by Gasteiger charge is -2.18. The molecule has 0 radical (unpaired) electrons. The van der Waals surface area contributed by atoms with Gasteiger partial charge in [0, 0.05) is 30.9 Å². The Kier molecular flexibility index (Phi) is 5.96. The molecule has 0 saturated heterocycles. The molecule has 7 nitrogen and oxygen atoms in total. The van der Waals surface area contributed by atoms with E-state index in [4.69, 9.17) is 4.52 Å². The van der Waals surface area contributed by atoms with E-state index in [1.807, 2.05) is 0 Å². The van der Waals surface area contributed by atoms with Gasteiger partial charge in [-0.15, -0.1) is 0 Å². The van der Waals surface area contributed by atoms with Crippen molar-refractivity contribution >= 4 is 22.2 Å². The standard InChI is InChI=1S/C19H19FN4O3S/c1-3-24(4-2)28(25,26)17-8-6-15(7-9-17)19-22-18(27-23-19)10-5-14-11-16(20)13-21-12-14/h5-13H,3-4H2,1-2H3/b10-5+. The maximum atomic E-state index is 13.1. The molecule has 3 rings (SSSR count). The first-order valence-electron chi connectivity index (χ1n) is 8.67. The molecule has 0 fully saturated rings. The van der Waals surface area contributed by atoms with Crippen molar-refractivity contribution in [2.24, 2.45) is 0 Å². The minimum atomic E-state index is -3.52. The summed E-state index contributed by atoms with van der Waals surface area (Å²) in [5, 5.41) is 3.89. The van der Waals surface area contributed by atoms with Gasteiger partial charge < -0.3 is 4.52 Å². The van der Waals surface area contributed by atoms with Crippen molar-refractivity contribution in [3.05, 3.63) is 60.0 Å². The van der Waals surface area contributed by atoms with Gasteiger partial charge in [-0.25, -0.2) is 12.8 Å². The average Bonchev–Trinajstić information content (AvgIpc) is 3.16. The second-order valence-corrected chi connectivity index (χ2v) is 7.78. The molecule has 1 aromatic carbocycles. The Morgan fingerprint density at radius 3 is 2.46 bits per heavy atom. The third kappa shape index (κ3) is 4.32. The second kappa shape index (κ2) is 8.41. The lowest BCUT2D eigenvalue weighted by molar-refractivity contribution is 0.411. The van der Waals surface area contributed by atoms with Gasteiger partial charge in [-0.2, -0.15) is 9.29 Å². The van der Waals surface area contributed by atoms with Crippen LogP contribution in [0.25, 0.3) is 23.5 Å². The molecule has 0 N–H and O–H groups in total. The van der Waals surface area contributed by atoms with Gasteiger partial charge in [0.2, 0.25) is 15.8 Å². The molecule has 0 spiro atoms. The highest BCUT2D eigenvalue weighted by Gasteiger charge is 2.21. The van der Waals surface area contributed by atoms with E-state index in [1.165, 1.54) is 28.7 Å². The Labute approximate surface area is 162 Å². The van der Waals surface area contributed by atoms with Gasteiger partial charge in [0.25, 0.3) is 5.89 Å². The zero-order valence-electron chi connectivity index (χ0n) is 15.4. The van der Waals surface area contributed by atoms with E-state index in [9.17, 15) is 12.8 Å². The number of aromatic nitrogens is 3. The minimum Gasteiger partial charge on any atom is -0.334 e. The molecule has 9 heteroatoms. The molecule has 2 aromatic heterocycles. The van der Waals surface area contributed by atoms with Crippen molar-refractivity contribution in [2.75, 3.05) is 13.1 Å². The Morgan fingerprint density at radius 2 is 1.82 bits per heavy atom. The van der Waals surface area contributed by atoms with E-state index in [0.717, 1.165) is 6.20 Å². The van der Waals surface area contributed by atoms with Crippen molar-refractivity contribution in [3.8, 4) is 11.4 Å². The quantitative estimate of drug-likeness (QED) is 0.601. The third-order valence-corrected chi connectivity index (χ3v) is 6.11. The SMILES string of the molecule is CCN(CC)S(=O)(=O)c1ccc(-c2noc(/C=C/c3cncc(F)c3)n2)cc1. The number of benzene rings is 1. The van der Waals surface area contributed by atoms with Gasteiger partial charge in [-0.05, 0) is 42.0 Å². The first-order chi connectivity index (χ1) is 13.4. The number of hydrogen-bond acceptors (Lipinski definition) is 6. The van der Waals surface area contributed by atoms with E-state index < -0.39 is 15.8 Å². The van der Waals surface area contributed by atoms with Crippen LogP contribution in [-0.2, 0) is 10.0 Å². The Bertz CT molecular complexity index is 1070. The number of halogens is 1. The Morgan fingerprint density at radius 1 is 1.11 bits per heavy atom. The minimum absolute atomic E-state index is 0.210. The number of nitrogens with zero attached hydrogens (tertiary/aromatic N) is 4. The van der Waals surface area contributed by atoms with E-state index in [1.54, 1.807) is 38.1 Å². The lowest BCUT2D eigenvalue weighted by atomic mass is 10.2. The molecule has 28 heavy (non-hydrogen) atoms. The Hall–Kier alpha value is -2.91. The van der Waals surface area contributed by atoms with Crippen molar-refractivity contribution < 1.29 is 17.3 Å². The van der Waals surface area contributed by atoms with Crippen LogP contribution >= 0.6 is 0 Å². The van der Waals surface area contributed by atoms with Crippen LogP contribution in [-0.4, -0.2) is 40.9 Å². The van der Waals surface area contributed by atoms with E-state index in [-0.39, 0.29) is 10.8 Å². The maximum Gasteiger partial charge on any atom is 0.250 e. The zero-order chi connectivity index (χ0) is 20.1. The van der Waals surface area contributed by atoms with Crippen LogP contribution in [0.1, 0.15) is 25.3 Å². The summed E-state index contributed by atoms with van der Waals surface area (Å²) >= 11 is 0. The van der Waals surface area contributed by atoms with Crippen molar-refractivity contribution in [3.63, 3.8) is 0 Å². The predicted octanol–water partition coefficient (Wildman–Crippen LogP) is 3.47. The van der Waals surface area contributed by atoms with E-state index >= 15 is 0 Å². The molecule has 0 amide bonds. The summed E-state index contributed by atoms with van der Waals surface area (Å²) in [5.41, 5.74) is 1.18. The summed E-state index contributed by atoms with van der Waals surface area (Å²) < 4.78 is 44.7. The summed E-state index contributed by atoms with van der Waals surface area (Å²) in [6.45, 7) is 4.40. The molecule has 146 valence electrons. The third-order valence-electron chi connectivity index (χ3n) is 4.04. The summed E-state index contributed by atoms with van der Waals surface area (Å²) in [6, 6.07) is 7.63. The molecular formula is C19H19FN4O3S. The summed E-state index contributed by atoms with van der Waals surface area (Å²) in [4.78, 5) is 8.21. The van der Waals surface area contributed by atoms with E-state index in [2.05, 4.69) is 15.1 Å². The smallest absolute Gasteiger partial charge is 0.250 e. The van der Waals surface area contributed by atoms with Crippen LogP contribution in [0.4, 0.5) is 4.39 Å². The van der Waals surface area contributed by atoms with Gasteiger partial charge in [-0.3, -0.25) is 4.98 Å². The molecule has 0 aliphatic heterocycles. The number of pyridine rings is 1. The summed E-state index contributed by atoms with van der Waals surface area (Å²) in [6.07, 6.45) is 5.78. The fraction of sp³-hybridized carbons (Fsp3) is 0.211. The number of sulfonamides is 1. The zero-order valence-corrected chi connectivity index (χ0v) is 16.2. The van der Waals surface area contributed by atoms with Gasteiger partial charge in [0.05, 0.1) is 11.1 Å². The Balaban J connectivity index is 1.78. The molecule has 2 heterocycles. The molecule has 0 aliphatic carbocycles. The van der Waals surface area contributed by atoms with Crippen molar-refractivity contribution in [1.29, 1.82) is 0 Å². The normalized spacial score (nSPS) is 12.1. The molecule has 0 bridgehead atoms. The highest BCUT2D eigenvalue weighted by molar-refractivity contribution is 7.89. The van der Waals surface area contributed by atoms with Crippen LogP contribution < -0.4 is 0 Å². The van der Waals surface area contributed by atoms with Gasteiger partial charge in [-0.1, -0.05) is 19.0 Å². The van der Waals surface area contributed by atoms with Crippen LogP contribution in [0.5, 0.6) is 0 Å². The van der Waals surface area contributed by atoms with Crippen LogP contribution in [0, 0.1) is 5.82 Å². The fourth-order valence-corrected chi connectivity index (χ4v) is 4.05. The summed E-state index contributed by atoms with van der Waals surface area (Å²) in [7, 11) is -3.52. The first-order valence-corrected chi connectivity index (χ1v) is 10.1. The van der Waals surface area contributed by atoms with Gasteiger partial charge in [0.1, 0.15) is 5.82 Å². The van der Waals surface area contributed by atoms with Crippen LogP contribution in [0.2, 0.25) is 0 Å². The molecular weight excluding hydrogens is 383 g/mol. The maximum absolute atomic E-state index is 13.1. The number of rotatable bonds is 7. The highest BCUT2D eigenvalue weighted by atomic mass is 32.2. The fourth-order valence-electron chi connectivity index (χ4n) is 2.60. The molecule has 3 aromatic rings. The van der Waals surface area contributed by atoms with Gasteiger partial charge >= 0.3 is 0 Å². The average molecular weight is 402 g/mol. The molecule has 0 saturated carbocycles. The number of hydrogen-bond donors (Lipinski definition) is 0. The topological polar surface area (TPSA) is 89.2 Å². The largest absolute Gasteiger partial charge is 0.334 e. The lowest BCUT2D eigenvalue weighted by Crippen LogP contribution is -2.30. The highest BCUT2D eigenvalue weighted by Crippen LogP contribution is 2.21. The second-order valence-electron chi connectivity index (χ2n) is 5.84. The van der Waals surface area contributed by atoms with Crippen molar-refractivity contribution in [1.82, 2.24) is 19.4 Å². The van der Waals surface area contributed by atoms with E-state index in [0.29, 0.717) is 30.0 Å².